The predicted molar refractivity (Wildman–Crippen MR) is 60.2 cm³/mol. The summed E-state index contributed by atoms with van der Waals surface area (Å²) in [6.45, 7) is 0. The van der Waals surface area contributed by atoms with Crippen molar-refractivity contribution in [1.29, 1.82) is 0 Å². The number of aromatic hydroxyl groups is 1. The number of anilines is 1. The van der Waals surface area contributed by atoms with Crippen LogP contribution in [0, 0.1) is 11.8 Å². The molecule has 0 aliphatic heterocycles. The van der Waals surface area contributed by atoms with Gasteiger partial charge in [0.2, 0.25) is 5.95 Å². The number of hydrogen-bond donors (Lipinski definition) is 2. The Morgan fingerprint density at radius 3 is 2.56 bits per heavy atom. The standard InChI is InChI=1S/C12H8F2N2O2/c13-7-3-1-4-8(17)11(7)12(18)16-10-6-2-5-9(14)15-10/h1-6,17H,(H,15,16,18). The quantitative estimate of drug-likeness (QED) is 0.804. The van der Waals surface area contributed by atoms with Gasteiger partial charge >= 0.3 is 0 Å². The van der Waals surface area contributed by atoms with E-state index in [1.165, 1.54) is 24.3 Å². The monoisotopic (exact) mass is 250 g/mol. The molecule has 1 heterocycles. The van der Waals surface area contributed by atoms with E-state index in [1.807, 2.05) is 0 Å². The normalized spacial score (nSPS) is 10.1. The average Bonchev–Trinajstić information content (AvgIpc) is 2.28. The van der Waals surface area contributed by atoms with E-state index in [-0.39, 0.29) is 5.82 Å². The van der Waals surface area contributed by atoms with Crippen LogP contribution in [0.1, 0.15) is 10.4 Å². The molecule has 0 aliphatic rings. The first-order valence-corrected chi connectivity index (χ1v) is 4.99. The molecule has 0 aliphatic carbocycles. The van der Waals surface area contributed by atoms with Gasteiger partial charge < -0.3 is 10.4 Å². The second-order valence-corrected chi connectivity index (χ2v) is 3.43. The molecule has 1 aromatic heterocycles. The number of aromatic nitrogens is 1. The number of halogens is 2. The molecule has 1 amide bonds. The van der Waals surface area contributed by atoms with E-state index in [9.17, 15) is 18.7 Å². The molecule has 18 heavy (non-hydrogen) atoms. The van der Waals surface area contributed by atoms with E-state index < -0.39 is 29.0 Å². The minimum absolute atomic E-state index is 0.0670. The Balaban J connectivity index is 2.28. The van der Waals surface area contributed by atoms with Gasteiger partial charge in [-0.2, -0.15) is 4.39 Å². The predicted octanol–water partition coefficient (Wildman–Crippen LogP) is 2.32. The van der Waals surface area contributed by atoms with Crippen LogP contribution in [0.25, 0.3) is 0 Å². The molecule has 2 rings (SSSR count). The van der Waals surface area contributed by atoms with Crippen molar-refractivity contribution in [1.82, 2.24) is 4.98 Å². The van der Waals surface area contributed by atoms with Crippen LogP contribution < -0.4 is 5.32 Å². The molecule has 0 fully saturated rings. The van der Waals surface area contributed by atoms with Crippen LogP contribution in [-0.4, -0.2) is 16.0 Å². The summed E-state index contributed by atoms with van der Waals surface area (Å²) in [5, 5.41) is 11.6. The molecule has 0 radical (unpaired) electrons. The van der Waals surface area contributed by atoms with E-state index in [0.29, 0.717) is 0 Å². The Bertz CT molecular complexity index is 582. The van der Waals surface area contributed by atoms with Crippen molar-refractivity contribution in [2.75, 3.05) is 5.32 Å². The number of pyridine rings is 1. The topological polar surface area (TPSA) is 62.2 Å². The molecule has 1 aromatic carbocycles. The van der Waals surface area contributed by atoms with E-state index in [1.54, 1.807) is 0 Å². The van der Waals surface area contributed by atoms with Crippen molar-refractivity contribution < 1.29 is 18.7 Å². The molecule has 0 unspecified atom stereocenters. The summed E-state index contributed by atoms with van der Waals surface area (Å²) in [6.07, 6.45) is 0. The summed E-state index contributed by atoms with van der Waals surface area (Å²) in [5.41, 5.74) is -0.511. The molecule has 0 saturated carbocycles. The van der Waals surface area contributed by atoms with Crippen LogP contribution in [0.5, 0.6) is 5.75 Å². The molecule has 2 aromatic rings. The molecule has 0 saturated heterocycles. The Kier molecular flexibility index (Phi) is 3.18. The molecule has 4 nitrogen and oxygen atoms in total. The molecule has 92 valence electrons. The fraction of sp³-hybridized carbons (Fsp3) is 0. The number of phenols is 1. The SMILES string of the molecule is O=C(Nc1cccc(F)n1)c1c(O)cccc1F. The second kappa shape index (κ2) is 4.79. The lowest BCUT2D eigenvalue weighted by Gasteiger charge is -2.06. The maximum absolute atomic E-state index is 13.4. The van der Waals surface area contributed by atoms with Gasteiger partial charge in [0.25, 0.3) is 5.91 Å². The molecule has 2 N–H and O–H groups in total. The minimum atomic E-state index is -0.899. The first-order valence-electron chi connectivity index (χ1n) is 4.99. The number of benzene rings is 1. The zero-order valence-corrected chi connectivity index (χ0v) is 9.02. The lowest BCUT2D eigenvalue weighted by atomic mass is 10.1. The summed E-state index contributed by atoms with van der Waals surface area (Å²) in [7, 11) is 0. The highest BCUT2D eigenvalue weighted by Crippen LogP contribution is 2.20. The van der Waals surface area contributed by atoms with Gasteiger partial charge in [-0.3, -0.25) is 4.79 Å². The highest BCUT2D eigenvalue weighted by atomic mass is 19.1. The van der Waals surface area contributed by atoms with Gasteiger partial charge in [-0.15, -0.1) is 0 Å². The molecular formula is C12H8F2N2O2. The molecular weight excluding hydrogens is 242 g/mol. The number of hydrogen-bond acceptors (Lipinski definition) is 3. The van der Waals surface area contributed by atoms with E-state index >= 15 is 0 Å². The largest absolute Gasteiger partial charge is 0.507 e. The number of carbonyl (C=O) groups excluding carboxylic acids is 1. The fourth-order valence-electron chi connectivity index (χ4n) is 1.39. The Hall–Kier alpha value is -2.50. The molecule has 0 spiro atoms. The lowest BCUT2D eigenvalue weighted by molar-refractivity contribution is 0.102. The van der Waals surface area contributed by atoms with Crippen LogP contribution in [0.3, 0.4) is 0 Å². The van der Waals surface area contributed by atoms with Crippen LogP contribution in [-0.2, 0) is 0 Å². The van der Waals surface area contributed by atoms with Gasteiger partial charge in [-0.1, -0.05) is 12.1 Å². The maximum Gasteiger partial charge on any atom is 0.263 e. The summed E-state index contributed by atoms with van der Waals surface area (Å²) < 4.78 is 26.2. The smallest absolute Gasteiger partial charge is 0.263 e. The van der Waals surface area contributed by atoms with Crippen molar-refractivity contribution in [3.63, 3.8) is 0 Å². The van der Waals surface area contributed by atoms with Crippen molar-refractivity contribution in [3.8, 4) is 5.75 Å². The van der Waals surface area contributed by atoms with Gasteiger partial charge in [0.05, 0.1) is 0 Å². The summed E-state index contributed by atoms with van der Waals surface area (Å²) in [5.74, 6) is -3.11. The molecule has 0 atom stereocenters. The first kappa shape index (κ1) is 12.0. The highest BCUT2D eigenvalue weighted by Gasteiger charge is 2.16. The van der Waals surface area contributed by atoms with E-state index in [4.69, 9.17) is 0 Å². The number of nitrogens with one attached hydrogen (secondary N) is 1. The van der Waals surface area contributed by atoms with Crippen molar-refractivity contribution in [2.24, 2.45) is 0 Å². The third kappa shape index (κ3) is 2.42. The Morgan fingerprint density at radius 2 is 1.89 bits per heavy atom. The Morgan fingerprint density at radius 1 is 1.17 bits per heavy atom. The summed E-state index contributed by atoms with van der Waals surface area (Å²) in [6, 6.07) is 7.28. The zero-order valence-electron chi connectivity index (χ0n) is 9.02. The van der Waals surface area contributed by atoms with Gasteiger partial charge in [-0.25, -0.2) is 9.37 Å². The zero-order chi connectivity index (χ0) is 13.1. The third-order valence-corrected chi connectivity index (χ3v) is 2.18. The number of amides is 1. The number of carbonyl (C=O) groups is 1. The summed E-state index contributed by atoms with van der Waals surface area (Å²) in [4.78, 5) is 15.1. The van der Waals surface area contributed by atoms with Crippen LogP contribution >= 0.6 is 0 Å². The van der Waals surface area contributed by atoms with Gasteiger partial charge in [0, 0.05) is 0 Å². The maximum atomic E-state index is 13.4. The fourth-order valence-corrected chi connectivity index (χ4v) is 1.39. The van der Waals surface area contributed by atoms with Crippen molar-refractivity contribution in [3.05, 3.63) is 53.7 Å². The van der Waals surface area contributed by atoms with Gasteiger partial charge in [-0.05, 0) is 24.3 Å². The number of rotatable bonds is 2. The van der Waals surface area contributed by atoms with Crippen LogP contribution in [0.2, 0.25) is 0 Å². The van der Waals surface area contributed by atoms with E-state index in [0.717, 1.165) is 12.1 Å². The first-order chi connectivity index (χ1) is 8.58. The van der Waals surface area contributed by atoms with Gasteiger partial charge in [0.1, 0.15) is 22.9 Å². The summed E-state index contributed by atoms with van der Waals surface area (Å²) >= 11 is 0. The van der Waals surface area contributed by atoms with Crippen molar-refractivity contribution in [2.45, 2.75) is 0 Å². The molecule has 0 bridgehead atoms. The highest BCUT2D eigenvalue weighted by molar-refractivity contribution is 6.05. The Labute approximate surface area is 101 Å². The van der Waals surface area contributed by atoms with Crippen molar-refractivity contribution >= 4 is 11.7 Å². The number of phenolic OH excluding ortho intramolecular Hbond substituents is 1. The van der Waals surface area contributed by atoms with Crippen LogP contribution in [0.4, 0.5) is 14.6 Å². The minimum Gasteiger partial charge on any atom is -0.507 e. The average molecular weight is 250 g/mol. The second-order valence-electron chi connectivity index (χ2n) is 3.43. The lowest BCUT2D eigenvalue weighted by Crippen LogP contribution is -2.15. The van der Waals surface area contributed by atoms with E-state index in [2.05, 4.69) is 10.3 Å². The van der Waals surface area contributed by atoms with Gasteiger partial charge in [0.15, 0.2) is 0 Å². The van der Waals surface area contributed by atoms with Crippen LogP contribution in [0.15, 0.2) is 36.4 Å². The third-order valence-electron chi connectivity index (χ3n) is 2.18. The number of nitrogens with zero attached hydrogens (tertiary/aromatic N) is 1. The molecule has 6 heteroatoms.